The molecule has 1 aliphatic carbocycles. The lowest BCUT2D eigenvalue weighted by Crippen LogP contribution is -2.41. The van der Waals surface area contributed by atoms with Crippen molar-refractivity contribution in [3.05, 3.63) is 34.4 Å². The van der Waals surface area contributed by atoms with E-state index in [1.807, 2.05) is 25.3 Å². The minimum Gasteiger partial charge on any atom is -0.476 e. The summed E-state index contributed by atoms with van der Waals surface area (Å²) in [6.45, 7) is 7.50. The summed E-state index contributed by atoms with van der Waals surface area (Å²) in [5.74, 6) is 0.916. The number of carbonyl (C=O) groups is 1. The van der Waals surface area contributed by atoms with Crippen molar-refractivity contribution in [3.8, 4) is 5.88 Å². The molecule has 1 aliphatic heterocycles. The topological polar surface area (TPSA) is 76.6 Å². The number of amides is 1. The summed E-state index contributed by atoms with van der Waals surface area (Å²) in [6.07, 6.45) is 4.15. The first-order chi connectivity index (χ1) is 13.5. The van der Waals surface area contributed by atoms with Crippen molar-refractivity contribution in [2.75, 3.05) is 37.8 Å². The Hall–Kier alpha value is -2.19. The van der Waals surface area contributed by atoms with Crippen LogP contribution in [0, 0.1) is 5.92 Å². The lowest BCUT2D eigenvalue weighted by atomic mass is 10.1. The van der Waals surface area contributed by atoms with Gasteiger partial charge in [0, 0.05) is 24.7 Å². The molecule has 0 spiro atoms. The highest BCUT2D eigenvalue weighted by Gasteiger charge is 2.28. The van der Waals surface area contributed by atoms with Crippen molar-refractivity contribution in [1.29, 1.82) is 0 Å². The molecule has 3 heterocycles. The van der Waals surface area contributed by atoms with Crippen LogP contribution in [0.25, 0.3) is 0 Å². The number of hydrogen-bond donors (Lipinski definition) is 1. The highest BCUT2D eigenvalue weighted by atomic mass is 32.1. The molecule has 2 fully saturated rings. The molecule has 8 heteroatoms. The van der Waals surface area contributed by atoms with Crippen LogP contribution < -0.4 is 15.0 Å². The zero-order valence-electron chi connectivity index (χ0n) is 16.3. The second-order valence-corrected chi connectivity index (χ2v) is 8.69. The molecule has 4 rings (SSSR count). The Kier molecular flexibility index (Phi) is 5.50. The highest BCUT2D eigenvalue weighted by molar-refractivity contribution is 7.09. The molecule has 0 bridgehead atoms. The maximum atomic E-state index is 12.9. The summed E-state index contributed by atoms with van der Waals surface area (Å²) >= 11 is 1.52. The Morgan fingerprint density at radius 3 is 2.82 bits per heavy atom. The summed E-state index contributed by atoms with van der Waals surface area (Å²) < 4.78 is 11.5. The van der Waals surface area contributed by atoms with Gasteiger partial charge in [-0.3, -0.25) is 4.79 Å². The van der Waals surface area contributed by atoms with E-state index in [4.69, 9.17) is 9.47 Å². The van der Waals surface area contributed by atoms with Gasteiger partial charge in [-0.2, -0.15) is 0 Å². The number of aromatic nitrogens is 2. The third kappa shape index (κ3) is 4.44. The molecule has 2 aliphatic rings. The van der Waals surface area contributed by atoms with Gasteiger partial charge in [0.25, 0.3) is 5.91 Å². The maximum Gasteiger partial charge on any atom is 0.270 e. The summed E-state index contributed by atoms with van der Waals surface area (Å²) in [7, 11) is 0. The van der Waals surface area contributed by atoms with Gasteiger partial charge >= 0.3 is 0 Å². The normalized spacial score (nSPS) is 17.4. The molecule has 1 saturated carbocycles. The van der Waals surface area contributed by atoms with E-state index in [9.17, 15) is 4.79 Å². The van der Waals surface area contributed by atoms with E-state index in [0.29, 0.717) is 37.3 Å². The van der Waals surface area contributed by atoms with Gasteiger partial charge in [-0.25, -0.2) is 9.97 Å². The number of thiazole rings is 1. The summed E-state index contributed by atoms with van der Waals surface area (Å²) in [5.41, 5.74) is 0.720. The first kappa shape index (κ1) is 19.1. The molecule has 1 amide bonds. The number of nitrogens with one attached hydrogen (secondary N) is 1. The van der Waals surface area contributed by atoms with Crippen molar-refractivity contribution < 1.29 is 14.3 Å². The summed E-state index contributed by atoms with van der Waals surface area (Å²) in [5, 5.41) is 5.80. The molecular formula is C20H26N4O3S. The van der Waals surface area contributed by atoms with E-state index in [2.05, 4.69) is 20.2 Å². The first-order valence-corrected chi connectivity index (χ1v) is 10.6. The quantitative estimate of drug-likeness (QED) is 0.767. The van der Waals surface area contributed by atoms with E-state index in [1.54, 1.807) is 12.3 Å². The molecule has 1 saturated heterocycles. The fourth-order valence-corrected chi connectivity index (χ4v) is 3.84. The average Bonchev–Trinajstić information content (AvgIpc) is 3.35. The standard InChI is InChI=1S/C20H26N4O3S/c1-20(2,19-21-7-12-28-19)23-17(25)15-5-6-16(24-8-10-26-11-9-24)18(22-15)27-13-14-3-4-14/h5-7,12,14H,3-4,8-11,13H2,1-2H3,(H,23,25). The van der Waals surface area contributed by atoms with Gasteiger partial charge in [0.1, 0.15) is 16.4 Å². The van der Waals surface area contributed by atoms with Gasteiger partial charge in [0.2, 0.25) is 5.88 Å². The molecule has 0 unspecified atom stereocenters. The second-order valence-electron chi connectivity index (χ2n) is 7.79. The van der Waals surface area contributed by atoms with Crippen LogP contribution in [0.15, 0.2) is 23.7 Å². The molecule has 150 valence electrons. The zero-order valence-corrected chi connectivity index (χ0v) is 17.1. The number of ether oxygens (including phenoxy) is 2. The predicted molar refractivity (Wildman–Crippen MR) is 108 cm³/mol. The molecular weight excluding hydrogens is 376 g/mol. The number of nitrogens with zero attached hydrogens (tertiary/aromatic N) is 3. The third-order valence-electron chi connectivity index (χ3n) is 4.97. The smallest absolute Gasteiger partial charge is 0.270 e. The Bertz CT molecular complexity index is 815. The fourth-order valence-electron chi connectivity index (χ4n) is 3.13. The maximum absolute atomic E-state index is 12.9. The molecule has 0 aromatic carbocycles. The van der Waals surface area contributed by atoms with Gasteiger partial charge in [0.15, 0.2) is 0 Å². The SMILES string of the molecule is CC(C)(NC(=O)c1ccc(N2CCOCC2)c(OCC2CC2)n1)c1nccs1. The van der Waals surface area contributed by atoms with Crippen LogP contribution in [0.3, 0.4) is 0 Å². The molecule has 28 heavy (non-hydrogen) atoms. The van der Waals surface area contributed by atoms with Gasteiger partial charge in [-0.1, -0.05) is 0 Å². The van der Waals surface area contributed by atoms with Gasteiger partial charge in [0.05, 0.1) is 25.4 Å². The van der Waals surface area contributed by atoms with Crippen molar-refractivity contribution in [2.45, 2.75) is 32.2 Å². The van der Waals surface area contributed by atoms with E-state index >= 15 is 0 Å². The van der Waals surface area contributed by atoms with Gasteiger partial charge in [-0.15, -0.1) is 11.3 Å². The third-order valence-corrected chi connectivity index (χ3v) is 6.07. The molecule has 7 nitrogen and oxygen atoms in total. The van der Waals surface area contributed by atoms with Crippen molar-refractivity contribution in [1.82, 2.24) is 15.3 Å². The van der Waals surface area contributed by atoms with Crippen molar-refractivity contribution in [2.24, 2.45) is 5.92 Å². The van der Waals surface area contributed by atoms with Crippen LogP contribution in [0.5, 0.6) is 5.88 Å². The summed E-state index contributed by atoms with van der Waals surface area (Å²) in [4.78, 5) is 24.0. The number of hydrogen-bond acceptors (Lipinski definition) is 7. The predicted octanol–water partition coefficient (Wildman–Crippen LogP) is 2.83. The van der Waals surface area contributed by atoms with Crippen LogP contribution in [-0.2, 0) is 10.3 Å². The zero-order chi connectivity index (χ0) is 19.6. The lowest BCUT2D eigenvalue weighted by molar-refractivity contribution is 0.0905. The van der Waals surface area contributed by atoms with Crippen LogP contribution in [0.4, 0.5) is 5.69 Å². The Labute approximate surface area is 169 Å². The Morgan fingerprint density at radius 1 is 1.36 bits per heavy atom. The number of anilines is 1. The summed E-state index contributed by atoms with van der Waals surface area (Å²) in [6, 6.07) is 3.70. The van der Waals surface area contributed by atoms with Gasteiger partial charge < -0.3 is 19.7 Å². The highest BCUT2D eigenvalue weighted by Crippen LogP contribution is 2.33. The molecule has 1 N–H and O–H groups in total. The number of morpholine rings is 1. The largest absolute Gasteiger partial charge is 0.476 e. The minimum atomic E-state index is -0.565. The lowest BCUT2D eigenvalue weighted by Gasteiger charge is -2.30. The number of carbonyl (C=O) groups excluding carboxylic acids is 1. The number of pyridine rings is 1. The average molecular weight is 403 g/mol. The molecule has 2 aromatic heterocycles. The van der Waals surface area contributed by atoms with E-state index in [1.165, 1.54) is 24.2 Å². The molecule has 0 atom stereocenters. The van der Waals surface area contributed by atoms with E-state index in [-0.39, 0.29) is 5.91 Å². The van der Waals surface area contributed by atoms with Gasteiger partial charge in [-0.05, 0) is 44.7 Å². The van der Waals surface area contributed by atoms with Crippen molar-refractivity contribution in [3.63, 3.8) is 0 Å². The Balaban J connectivity index is 1.54. The van der Waals surface area contributed by atoms with E-state index in [0.717, 1.165) is 23.8 Å². The van der Waals surface area contributed by atoms with Crippen LogP contribution in [0.2, 0.25) is 0 Å². The van der Waals surface area contributed by atoms with Crippen molar-refractivity contribution >= 4 is 22.9 Å². The molecule has 2 aromatic rings. The second kappa shape index (κ2) is 8.05. The molecule has 0 radical (unpaired) electrons. The fraction of sp³-hybridized carbons (Fsp3) is 0.550. The van der Waals surface area contributed by atoms with Crippen LogP contribution in [0.1, 0.15) is 42.2 Å². The Morgan fingerprint density at radius 2 is 2.14 bits per heavy atom. The van der Waals surface area contributed by atoms with Crippen LogP contribution in [-0.4, -0.2) is 48.8 Å². The minimum absolute atomic E-state index is 0.231. The van der Waals surface area contributed by atoms with Crippen LogP contribution >= 0.6 is 11.3 Å². The van der Waals surface area contributed by atoms with E-state index < -0.39 is 5.54 Å². The monoisotopic (exact) mass is 402 g/mol. The number of rotatable bonds is 7. The first-order valence-electron chi connectivity index (χ1n) is 9.72.